The molecule has 7 heteroatoms. The van der Waals surface area contributed by atoms with Crippen molar-refractivity contribution in [1.82, 2.24) is 24.6 Å². The van der Waals surface area contributed by atoms with Gasteiger partial charge in [-0.05, 0) is 37.1 Å². The van der Waals surface area contributed by atoms with E-state index in [-0.39, 0.29) is 0 Å². The second kappa shape index (κ2) is 5.65. The standard InChI is InChI=1S/C18H20N6O/c1-25-15-10-14(11-15)20-24-8-5-17-16(4-7-23(17)21-24)13-2-3-18-19-6-9-22(18)12-13/h2-9,12,14-15,20-21H,10-11H2,1H3/t14-,15+. The number of aromatic nitrogens is 3. The number of hydrogen-bond acceptors (Lipinski definition) is 5. The number of ether oxygens (including phenoxy) is 1. The summed E-state index contributed by atoms with van der Waals surface area (Å²) in [5, 5.41) is 1.91. The maximum atomic E-state index is 5.33. The molecule has 0 atom stereocenters. The Morgan fingerprint density at radius 1 is 1.24 bits per heavy atom. The minimum atomic E-state index is 0.387. The fourth-order valence-corrected chi connectivity index (χ4v) is 3.45. The molecule has 0 spiro atoms. The molecule has 2 N–H and O–H groups in total. The first-order valence-corrected chi connectivity index (χ1v) is 8.47. The van der Waals surface area contributed by atoms with E-state index in [2.05, 4.69) is 40.4 Å². The van der Waals surface area contributed by atoms with Gasteiger partial charge in [-0.3, -0.25) is 0 Å². The average molecular weight is 336 g/mol. The smallest absolute Gasteiger partial charge is 0.136 e. The quantitative estimate of drug-likeness (QED) is 0.765. The van der Waals surface area contributed by atoms with Crippen LogP contribution >= 0.6 is 0 Å². The van der Waals surface area contributed by atoms with E-state index in [1.165, 1.54) is 5.56 Å². The van der Waals surface area contributed by atoms with Crippen LogP contribution in [0.15, 0.2) is 49.2 Å². The van der Waals surface area contributed by atoms with Gasteiger partial charge in [0.2, 0.25) is 0 Å². The van der Waals surface area contributed by atoms with Gasteiger partial charge in [-0.1, -0.05) is 0 Å². The lowest BCUT2D eigenvalue weighted by Gasteiger charge is -2.39. The van der Waals surface area contributed by atoms with E-state index in [9.17, 15) is 0 Å². The van der Waals surface area contributed by atoms with Crippen molar-refractivity contribution in [2.24, 2.45) is 0 Å². The number of pyridine rings is 1. The Kier molecular flexibility index (Phi) is 3.29. The third-order valence-corrected chi connectivity index (χ3v) is 4.97. The first kappa shape index (κ1) is 14.6. The van der Waals surface area contributed by atoms with Crippen LogP contribution in [-0.4, -0.2) is 38.4 Å². The molecule has 1 aliphatic heterocycles. The van der Waals surface area contributed by atoms with Crippen molar-refractivity contribution in [2.75, 3.05) is 12.6 Å². The van der Waals surface area contributed by atoms with E-state index < -0.39 is 0 Å². The Bertz CT molecular complexity index is 936. The van der Waals surface area contributed by atoms with Gasteiger partial charge < -0.3 is 9.14 Å². The number of nitrogens with zero attached hydrogens (tertiary/aromatic N) is 4. The molecule has 2 aliphatic rings. The van der Waals surface area contributed by atoms with Crippen molar-refractivity contribution in [2.45, 2.75) is 25.0 Å². The zero-order valence-corrected chi connectivity index (χ0v) is 14.0. The van der Waals surface area contributed by atoms with E-state index >= 15 is 0 Å². The molecule has 3 aromatic heterocycles. The molecule has 0 aromatic carbocycles. The second-order valence-corrected chi connectivity index (χ2v) is 6.54. The maximum Gasteiger partial charge on any atom is 0.136 e. The molecule has 0 amide bonds. The Labute approximate surface area is 145 Å². The summed E-state index contributed by atoms with van der Waals surface area (Å²) in [7, 11) is 1.77. The van der Waals surface area contributed by atoms with Crippen LogP contribution in [0.3, 0.4) is 0 Å². The number of hydrogen-bond donors (Lipinski definition) is 2. The van der Waals surface area contributed by atoms with Gasteiger partial charge >= 0.3 is 0 Å². The molecular formula is C18H20N6O. The second-order valence-electron chi connectivity index (χ2n) is 6.54. The van der Waals surface area contributed by atoms with Gasteiger partial charge in [0.05, 0.1) is 11.8 Å². The summed E-state index contributed by atoms with van der Waals surface area (Å²) in [6.07, 6.45) is 14.5. The number of imidazole rings is 1. The number of hydrazine groups is 2. The molecule has 1 fully saturated rings. The lowest BCUT2D eigenvalue weighted by molar-refractivity contribution is -0.000121. The van der Waals surface area contributed by atoms with E-state index in [0.717, 1.165) is 29.7 Å². The first-order chi connectivity index (χ1) is 12.3. The summed E-state index contributed by atoms with van der Waals surface area (Å²) in [5.41, 5.74) is 11.2. The van der Waals surface area contributed by atoms with Gasteiger partial charge in [0.1, 0.15) is 5.65 Å². The highest BCUT2D eigenvalue weighted by Gasteiger charge is 2.30. The van der Waals surface area contributed by atoms with Gasteiger partial charge in [0.15, 0.2) is 0 Å². The van der Waals surface area contributed by atoms with E-state index in [4.69, 9.17) is 4.74 Å². The third kappa shape index (κ3) is 2.48. The van der Waals surface area contributed by atoms with Crippen molar-refractivity contribution in [3.05, 3.63) is 54.9 Å². The highest BCUT2D eigenvalue weighted by molar-refractivity contribution is 5.75. The summed E-state index contributed by atoms with van der Waals surface area (Å²) in [6, 6.07) is 6.72. The minimum absolute atomic E-state index is 0.387. The molecular weight excluding hydrogens is 316 g/mol. The molecule has 0 radical (unpaired) electrons. The molecule has 3 aromatic rings. The fraction of sp³-hybridized carbons (Fsp3) is 0.278. The summed E-state index contributed by atoms with van der Waals surface area (Å²) >= 11 is 0. The Morgan fingerprint density at radius 3 is 3.04 bits per heavy atom. The van der Waals surface area contributed by atoms with Crippen LogP contribution in [0.2, 0.25) is 0 Å². The van der Waals surface area contributed by atoms with Gasteiger partial charge in [0.25, 0.3) is 0 Å². The zero-order chi connectivity index (χ0) is 16.8. The zero-order valence-electron chi connectivity index (χ0n) is 14.0. The predicted molar refractivity (Wildman–Crippen MR) is 95.8 cm³/mol. The van der Waals surface area contributed by atoms with Crippen LogP contribution in [0.4, 0.5) is 0 Å². The third-order valence-electron chi connectivity index (χ3n) is 4.97. The molecule has 4 heterocycles. The number of nitrogens with one attached hydrogen (secondary N) is 2. The summed E-state index contributed by atoms with van der Waals surface area (Å²) < 4.78 is 9.39. The highest BCUT2D eigenvalue weighted by Crippen LogP contribution is 2.28. The monoisotopic (exact) mass is 336 g/mol. The van der Waals surface area contributed by atoms with Crippen molar-refractivity contribution in [3.63, 3.8) is 0 Å². The van der Waals surface area contributed by atoms with Crippen LogP contribution in [0.25, 0.3) is 22.9 Å². The summed E-state index contributed by atoms with van der Waals surface area (Å²) in [4.78, 5) is 4.30. The average Bonchev–Trinajstić information content (AvgIpc) is 3.23. The normalized spacial score (nSPS) is 21.9. The maximum absolute atomic E-state index is 5.33. The first-order valence-electron chi connectivity index (χ1n) is 8.47. The molecule has 0 saturated heterocycles. The highest BCUT2D eigenvalue weighted by atomic mass is 16.5. The van der Waals surface area contributed by atoms with Crippen molar-refractivity contribution < 1.29 is 4.74 Å². The predicted octanol–water partition coefficient (Wildman–Crippen LogP) is 2.23. The van der Waals surface area contributed by atoms with Gasteiger partial charge in [0, 0.05) is 55.3 Å². The molecule has 128 valence electrons. The van der Waals surface area contributed by atoms with Crippen LogP contribution in [0, 0.1) is 0 Å². The molecule has 5 rings (SSSR count). The minimum Gasteiger partial charge on any atom is -0.381 e. The number of methoxy groups -OCH3 is 1. The van der Waals surface area contributed by atoms with Crippen molar-refractivity contribution >= 4 is 11.7 Å². The largest absolute Gasteiger partial charge is 0.381 e. The van der Waals surface area contributed by atoms with E-state index in [0.29, 0.717) is 12.1 Å². The summed E-state index contributed by atoms with van der Waals surface area (Å²) in [5.74, 6) is 0. The summed E-state index contributed by atoms with van der Waals surface area (Å²) in [6.45, 7) is 0. The molecule has 1 saturated carbocycles. The van der Waals surface area contributed by atoms with Crippen LogP contribution < -0.4 is 11.0 Å². The lowest BCUT2D eigenvalue weighted by Crippen LogP contribution is -2.54. The van der Waals surface area contributed by atoms with Crippen LogP contribution in [-0.2, 0) is 4.74 Å². The van der Waals surface area contributed by atoms with Gasteiger partial charge in [-0.25, -0.2) is 25.7 Å². The SMILES string of the molecule is CO[C@H]1C[C@@H](NN2C=Cc3c(-c4ccc5nccn5c4)ccn3N2)C1. The van der Waals surface area contributed by atoms with Crippen molar-refractivity contribution in [3.8, 4) is 11.1 Å². The van der Waals surface area contributed by atoms with Crippen LogP contribution in [0.1, 0.15) is 18.5 Å². The molecule has 7 nitrogen and oxygen atoms in total. The Morgan fingerprint density at radius 2 is 2.16 bits per heavy atom. The number of fused-ring (bicyclic) bond motifs is 2. The Balaban J connectivity index is 1.36. The lowest BCUT2D eigenvalue weighted by atomic mass is 9.90. The molecule has 0 bridgehead atoms. The molecule has 0 unspecified atom stereocenters. The topological polar surface area (TPSA) is 58.8 Å². The molecule has 1 aliphatic carbocycles. The molecule has 25 heavy (non-hydrogen) atoms. The van der Waals surface area contributed by atoms with Crippen LogP contribution in [0.5, 0.6) is 0 Å². The number of rotatable bonds is 4. The van der Waals surface area contributed by atoms with Gasteiger partial charge in [-0.2, -0.15) is 0 Å². The van der Waals surface area contributed by atoms with Crippen molar-refractivity contribution in [1.29, 1.82) is 0 Å². The Hall–Kier alpha value is -2.77. The van der Waals surface area contributed by atoms with E-state index in [1.807, 2.05) is 45.1 Å². The van der Waals surface area contributed by atoms with Gasteiger partial charge in [-0.15, -0.1) is 0 Å². The fourth-order valence-electron chi connectivity index (χ4n) is 3.45. The van der Waals surface area contributed by atoms with E-state index in [1.54, 1.807) is 7.11 Å².